The van der Waals surface area contributed by atoms with Gasteiger partial charge in [0.05, 0.1) is 0 Å². The molecule has 4 bridgehead atoms. The maximum absolute atomic E-state index is 13.3. The highest BCUT2D eigenvalue weighted by Crippen LogP contribution is 2.59. The number of benzene rings is 1. The molecule has 1 heterocycles. The Labute approximate surface area is 177 Å². The lowest BCUT2D eigenvalue weighted by atomic mass is 9.47. The van der Waals surface area contributed by atoms with Crippen molar-refractivity contribution in [2.24, 2.45) is 28.9 Å². The van der Waals surface area contributed by atoms with Gasteiger partial charge in [0.25, 0.3) is 0 Å². The molecule has 6 heteroatoms. The first-order valence-corrected chi connectivity index (χ1v) is 12.0. The van der Waals surface area contributed by atoms with Crippen molar-refractivity contribution in [3.8, 4) is 0 Å². The van der Waals surface area contributed by atoms with E-state index in [0.717, 1.165) is 50.9 Å². The second-order valence-electron chi connectivity index (χ2n) is 9.83. The van der Waals surface area contributed by atoms with Crippen molar-refractivity contribution in [1.82, 2.24) is 10.2 Å². The zero-order chi connectivity index (χ0) is 20.2. The Morgan fingerprint density at radius 2 is 2.00 bits per heavy atom. The van der Waals surface area contributed by atoms with Gasteiger partial charge < -0.3 is 11.1 Å². The smallest absolute Gasteiger partial charge is 0.247 e. The van der Waals surface area contributed by atoms with Gasteiger partial charge in [-0.3, -0.25) is 14.5 Å². The Hall–Kier alpha value is -1.53. The van der Waals surface area contributed by atoms with E-state index in [4.69, 9.17) is 5.73 Å². The molecular formula is C23H31N3O2S. The van der Waals surface area contributed by atoms with E-state index in [2.05, 4.69) is 41.4 Å². The van der Waals surface area contributed by atoms with Crippen LogP contribution in [0.1, 0.15) is 43.2 Å². The van der Waals surface area contributed by atoms with Crippen molar-refractivity contribution in [1.29, 1.82) is 0 Å². The summed E-state index contributed by atoms with van der Waals surface area (Å²) >= 11 is 1.75. The highest BCUT2D eigenvalue weighted by molar-refractivity contribution is 8.00. The summed E-state index contributed by atoms with van der Waals surface area (Å²) in [6.07, 6.45) is 4.98. The standard InChI is InChI=1S/C23H31N3O2S/c1-14-3-2-4-15(7-14)13-26-5-6-29-21(26)20(27)25-19-17-8-16-9-18(19)12-23(10-16,11-17)22(24)28/h2-4,7,16-19,21H,5-6,8-13H2,1H3,(H2,24,28)(H,25,27). The number of nitrogens with two attached hydrogens (primary N) is 1. The molecule has 4 saturated carbocycles. The maximum Gasteiger partial charge on any atom is 0.247 e. The van der Waals surface area contributed by atoms with Crippen LogP contribution in [-0.4, -0.2) is 40.4 Å². The van der Waals surface area contributed by atoms with Gasteiger partial charge >= 0.3 is 0 Å². The summed E-state index contributed by atoms with van der Waals surface area (Å²) in [4.78, 5) is 27.7. The Morgan fingerprint density at radius 1 is 1.24 bits per heavy atom. The lowest BCUT2D eigenvalue weighted by molar-refractivity contribution is -0.147. The number of thioether (sulfide) groups is 1. The van der Waals surface area contributed by atoms with Crippen LogP contribution in [0.4, 0.5) is 0 Å². The first-order valence-electron chi connectivity index (χ1n) is 10.9. The molecule has 5 fully saturated rings. The molecule has 0 radical (unpaired) electrons. The number of primary amides is 1. The fourth-order valence-electron chi connectivity index (χ4n) is 6.75. The first-order chi connectivity index (χ1) is 13.9. The third kappa shape index (κ3) is 3.48. The van der Waals surface area contributed by atoms with E-state index >= 15 is 0 Å². The van der Waals surface area contributed by atoms with Crippen LogP contribution in [0.25, 0.3) is 0 Å². The van der Waals surface area contributed by atoms with Gasteiger partial charge in [-0.15, -0.1) is 11.8 Å². The normalized spacial score (nSPS) is 38.3. The quantitative estimate of drug-likeness (QED) is 0.778. The summed E-state index contributed by atoms with van der Waals surface area (Å²) in [5, 5.41) is 3.32. The average Bonchev–Trinajstić information content (AvgIpc) is 3.12. The van der Waals surface area contributed by atoms with Gasteiger partial charge in [-0.25, -0.2) is 0 Å². The van der Waals surface area contributed by atoms with Gasteiger partial charge in [0.15, 0.2) is 0 Å². The van der Waals surface area contributed by atoms with Crippen molar-refractivity contribution in [3.05, 3.63) is 35.4 Å². The van der Waals surface area contributed by atoms with Crippen LogP contribution < -0.4 is 11.1 Å². The van der Waals surface area contributed by atoms with Gasteiger partial charge in [0.1, 0.15) is 5.37 Å². The molecule has 29 heavy (non-hydrogen) atoms. The molecule has 4 aliphatic carbocycles. The van der Waals surface area contributed by atoms with E-state index in [1.807, 2.05) is 0 Å². The molecule has 2 amide bonds. The van der Waals surface area contributed by atoms with Crippen LogP contribution in [0.2, 0.25) is 0 Å². The topological polar surface area (TPSA) is 75.4 Å². The summed E-state index contributed by atoms with van der Waals surface area (Å²) < 4.78 is 0. The van der Waals surface area contributed by atoms with E-state index < -0.39 is 0 Å². The molecule has 0 aromatic heterocycles. The van der Waals surface area contributed by atoms with Crippen molar-refractivity contribution < 1.29 is 9.59 Å². The number of hydrogen-bond donors (Lipinski definition) is 2. The summed E-state index contributed by atoms with van der Waals surface area (Å²) in [5.41, 5.74) is 8.03. The Bertz CT molecular complexity index is 812. The predicted molar refractivity (Wildman–Crippen MR) is 115 cm³/mol. The lowest BCUT2D eigenvalue weighted by Crippen LogP contribution is -2.63. The molecule has 5 aliphatic rings. The highest BCUT2D eigenvalue weighted by atomic mass is 32.2. The van der Waals surface area contributed by atoms with Crippen molar-refractivity contribution >= 4 is 23.6 Å². The van der Waals surface area contributed by atoms with E-state index in [9.17, 15) is 9.59 Å². The number of nitrogens with one attached hydrogen (secondary N) is 1. The minimum atomic E-state index is -0.295. The van der Waals surface area contributed by atoms with Gasteiger partial charge in [0.2, 0.25) is 11.8 Å². The van der Waals surface area contributed by atoms with Crippen LogP contribution in [0.3, 0.4) is 0 Å². The number of nitrogens with zero attached hydrogens (tertiary/aromatic N) is 1. The Balaban J connectivity index is 1.26. The van der Waals surface area contributed by atoms with E-state index in [1.165, 1.54) is 11.1 Å². The number of amides is 2. The number of hydrogen-bond acceptors (Lipinski definition) is 4. The van der Waals surface area contributed by atoms with Crippen LogP contribution >= 0.6 is 11.8 Å². The zero-order valence-electron chi connectivity index (χ0n) is 17.1. The SMILES string of the molecule is Cc1cccc(CN2CCSC2C(=O)NC2C3CC4CC2CC(C(N)=O)(C4)C3)c1. The van der Waals surface area contributed by atoms with E-state index in [1.54, 1.807) is 11.8 Å². The largest absolute Gasteiger partial charge is 0.369 e. The molecule has 1 aromatic carbocycles. The number of rotatable bonds is 5. The first kappa shape index (κ1) is 19.4. The van der Waals surface area contributed by atoms with Crippen LogP contribution in [0.5, 0.6) is 0 Å². The molecule has 3 atom stereocenters. The van der Waals surface area contributed by atoms with Gasteiger partial charge in [0, 0.05) is 30.3 Å². The summed E-state index contributed by atoms with van der Waals surface area (Å²) in [6, 6.07) is 8.77. The maximum atomic E-state index is 13.3. The predicted octanol–water partition coefficient (Wildman–Crippen LogP) is 2.67. The molecule has 0 spiro atoms. The van der Waals surface area contributed by atoms with E-state index in [-0.39, 0.29) is 28.6 Å². The highest BCUT2D eigenvalue weighted by Gasteiger charge is 2.58. The van der Waals surface area contributed by atoms with Crippen LogP contribution in [0, 0.1) is 30.1 Å². The lowest BCUT2D eigenvalue weighted by Gasteiger charge is -2.58. The molecule has 1 aliphatic heterocycles. The van der Waals surface area contributed by atoms with Crippen LogP contribution in [0.15, 0.2) is 24.3 Å². The fraction of sp³-hybridized carbons (Fsp3) is 0.652. The second kappa shape index (κ2) is 7.31. The van der Waals surface area contributed by atoms with E-state index in [0.29, 0.717) is 17.8 Å². The van der Waals surface area contributed by atoms with Crippen molar-refractivity contribution in [2.45, 2.75) is 57.0 Å². The van der Waals surface area contributed by atoms with Crippen molar-refractivity contribution in [3.63, 3.8) is 0 Å². The second-order valence-corrected chi connectivity index (χ2v) is 11.0. The molecule has 5 nitrogen and oxygen atoms in total. The molecule has 3 N–H and O–H groups in total. The summed E-state index contributed by atoms with van der Waals surface area (Å²) in [5.74, 6) is 2.48. The molecule has 1 aromatic rings. The summed E-state index contributed by atoms with van der Waals surface area (Å²) in [7, 11) is 0. The molecule has 1 saturated heterocycles. The fourth-order valence-corrected chi connectivity index (χ4v) is 7.92. The number of carbonyl (C=O) groups is 2. The molecule has 3 unspecified atom stereocenters. The van der Waals surface area contributed by atoms with Crippen LogP contribution in [-0.2, 0) is 16.1 Å². The minimum Gasteiger partial charge on any atom is -0.369 e. The Kier molecular flexibility index (Phi) is 4.90. The number of carbonyl (C=O) groups excluding carboxylic acids is 2. The summed E-state index contributed by atoms with van der Waals surface area (Å²) in [6.45, 7) is 3.87. The Morgan fingerprint density at radius 3 is 2.69 bits per heavy atom. The van der Waals surface area contributed by atoms with Crippen molar-refractivity contribution in [2.75, 3.05) is 12.3 Å². The molecular weight excluding hydrogens is 382 g/mol. The third-order valence-corrected chi connectivity index (χ3v) is 9.03. The number of aryl methyl sites for hydroxylation is 1. The minimum absolute atomic E-state index is 0.113. The van der Waals surface area contributed by atoms with Gasteiger partial charge in [-0.1, -0.05) is 29.8 Å². The third-order valence-electron chi connectivity index (χ3n) is 7.78. The average molecular weight is 414 g/mol. The molecule has 6 rings (SSSR count). The van der Waals surface area contributed by atoms with Gasteiger partial charge in [-0.05, 0) is 62.3 Å². The molecule has 156 valence electrons. The monoisotopic (exact) mass is 413 g/mol. The zero-order valence-corrected chi connectivity index (χ0v) is 17.9. The van der Waals surface area contributed by atoms with Gasteiger partial charge in [-0.2, -0.15) is 0 Å².